The van der Waals surface area contributed by atoms with Crippen molar-refractivity contribution in [2.45, 2.75) is 43.3 Å². The lowest BCUT2D eigenvalue weighted by Crippen LogP contribution is -2.28. The first-order chi connectivity index (χ1) is 14.6. The number of rotatable bonds is 6. The number of benzene rings is 1. The summed E-state index contributed by atoms with van der Waals surface area (Å²) in [6, 6.07) is 11.7. The Morgan fingerprint density at radius 3 is 2.70 bits per heavy atom. The van der Waals surface area contributed by atoms with E-state index in [-0.39, 0.29) is 17.7 Å². The number of carbonyl (C=O) groups is 1. The molecule has 3 aromatic rings. The van der Waals surface area contributed by atoms with E-state index in [2.05, 4.69) is 46.5 Å². The third kappa shape index (κ3) is 3.67. The van der Waals surface area contributed by atoms with Crippen molar-refractivity contribution in [1.82, 2.24) is 19.8 Å². The van der Waals surface area contributed by atoms with Crippen LogP contribution in [0, 0.1) is 6.92 Å². The van der Waals surface area contributed by atoms with Crippen molar-refractivity contribution >= 4 is 23.4 Å². The molecule has 1 fully saturated rings. The average molecular weight is 422 g/mol. The zero-order valence-corrected chi connectivity index (χ0v) is 17.8. The van der Waals surface area contributed by atoms with E-state index in [1.165, 1.54) is 30.2 Å². The number of nitrogens with zero attached hydrogens (tertiary/aromatic N) is 5. The van der Waals surface area contributed by atoms with Gasteiger partial charge >= 0.3 is 0 Å². The van der Waals surface area contributed by atoms with Crippen LogP contribution >= 0.6 is 11.8 Å². The Kier molecular flexibility index (Phi) is 4.94. The van der Waals surface area contributed by atoms with Gasteiger partial charge in [-0.25, -0.2) is 5.01 Å². The molecule has 1 aromatic carbocycles. The van der Waals surface area contributed by atoms with E-state index < -0.39 is 0 Å². The third-order valence-corrected chi connectivity index (χ3v) is 6.56. The van der Waals surface area contributed by atoms with Gasteiger partial charge in [0.15, 0.2) is 5.16 Å². The SMILES string of the molecule is Cc1ccc(C2=NN(C(=O)CSc3nnc(C4CC4)n3C)[C@@H](c3ccco3)C2)cc1. The molecule has 154 valence electrons. The summed E-state index contributed by atoms with van der Waals surface area (Å²) in [5.74, 6) is 2.46. The number of thioether (sulfide) groups is 1. The number of amides is 1. The third-order valence-electron chi connectivity index (χ3n) is 5.56. The van der Waals surface area contributed by atoms with Gasteiger partial charge in [-0.1, -0.05) is 41.6 Å². The van der Waals surface area contributed by atoms with Crippen LogP contribution in [0.4, 0.5) is 0 Å². The topological polar surface area (TPSA) is 76.5 Å². The quantitative estimate of drug-likeness (QED) is 0.561. The number of hydrazone groups is 1. The van der Waals surface area contributed by atoms with Crippen LogP contribution in [0.1, 0.15) is 53.9 Å². The van der Waals surface area contributed by atoms with E-state index >= 15 is 0 Å². The number of hydrogen-bond acceptors (Lipinski definition) is 6. The molecular weight excluding hydrogens is 398 g/mol. The standard InChI is InChI=1S/C22H23N5O2S/c1-14-5-7-15(8-6-14)17-12-18(19-4-3-11-29-19)27(25-17)20(28)13-30-22-24-23-21(26(22)2)16-9-10-16/h3-8,11,16,18H,9-10,12-13H2,1-2H3/t18-/m1/s1. The summed E-state index contributed by atoms with van der Waals surface area (Å²) in [4.78, 5) is 13.1. The number of furan rings is 1. The lowest BCUT2D eigenvalue weighted by molar-refractivity contribution is -0.130. The fourth-order valence-corrected chi connectivity index (χ4v) is 4.48. The average Bonchev–Trinajstić information content (AvgIpc) is 3.15. The molecule has 1 aliphatic heterocycles. The minimum Gasteiger partial charge on any atom is -0.467 e. The summed E-state index contributed by atoms with van der Waals surface area (Å²) in [5.41, 5.74) is 3.12. The first-order valence-corrected chi connectivity index (χ1v) is 11.1. The van der Waals surface area contributed by atoms with Gasteiger partial charge in [-0.05, 0) is 37.5 Å². The first-order valence-electron chi connectivity index (χ1n) is 10.1. The maximum atomic E-state index is 13.1. The predicted octanol–water partition coefficient (Wildman–Crippen LogP) is 4.06. The molecule has 5 rings (SSSR count). The zero-order chi connectivity index (χ0) is 20.7. The highest BCUT2D eigenvalue weighted by molar-refractivity contribution is 7.99. The molecule has 8 heteroatoms. The van der Waals surface area contributed by atoms with Crippen molar-refractivity contribution in [3.05, 3.63) is 65.4 Å². The highest BCUT2D eigenvalue weighted by Crippen LogP contribution is 2.39. The van der Waals surface area contributed by atoms with Crippen LogP contribution in [0.25, 0.3) is 0 Å². The van der Waals surface area contributed by atoms with Gasteiger partial charge < -0.3 is 8.98 Å². The van der Waals surface area contributed by atoms with Crippen LogP contribution in [0.3, 0.4) is 0 Å². The van der Waals surface area contributed by atoms with Crippen molar-refractivity contribution < 1.29 is 9.21 Å². The zero-order valence-electron chi connectivity index (χ0n) is 17.0. The lowest BCUT2D eigenvalue weighted by atomic mass is 10.0. The van der Waals surface area contributed by atoms with Crippen LogP contribution in [-0.2, 0) is 11.8 Å². The van der Waals surface area contributed by atoms with Crippen LogP contribution in [0.2, 0.25) is 0 Å². The largest absolute Gasteiger partial charge is 0.467 e. The van der Waals surface area contributed by atoms with Crippen molar-refractivity contribution in [2.24, 2.45) is 12.1 Å². The Morgan fingerprint density at radius 2 is 2.00 bits per heavy atom. The second kappa shape index (κ2) is 7.75. The molecule has 30 heavy (non-hydrogen) atoms. The van der Waals surface area contributed by atoms with Crippen LogP contribution in [0.15, 0.2) is 57.3 Å². The van der Waals surface area contributed by atoms with Gasteiger partial charge in [0.25, 0.3) is 5.91 Å². The molecule has 2 aliphatic rings. The van der Waals surface area contributed by atoms with Crippen LogP contribution < -0.4 is 0 Å². The monoisotopic (exact) mass is 421 g/mol. The Morgan fingerprint density at radius 1 is 1.20 bits per heavy atom. The Labute approximate surface area is 179 Å². The van der Waals surface area contributed by atoms with E-state index in [4.69, 9.17) is 4.42 Å². The molecule has 1 amide bonds. The maximum Gasteiger partial charge on any atom is 0.253 e. The number of aryl methyl sites for hydroxylation is 1. The molecule has 2 aromatic heterocycles. The fourth-order valence-electron chi connectivity index (χ4n) is 3.70. The second-order valence-corrected chi connectivity index (χ2v) is 8.79. The minimum atomic E-state index is -0.231. The van der Waals surface area contributed by atoms with Gasteiger partial charge in [0.1, 0.15) is 17.6 Å². The predicted molar refractivity (Wildman–Crippen MR) is 114 cm³/mol. The summed E-state index contributed by atoms with van der Waals surface area (Å²) in [6.07, 6.45) is 4.60. The van der Waals surface area contributed by atoms with Crippen molar-refractivity contribution in [3.63, 3.8) is 0 Å². The Hall–Kier alpha value is -2.87. The lowest BCUT2D eigenvalue weighted by Gasteiger charge is -2.19. The van der Waals surface area contributed by atoms with Gasteiger partial charge in [0, 0.05) is 19.4 Å². The molecule has 0 bridgehead atoms. The van der Waals surface area contributed by atoms with Crippen molar-refractivity contribution in [1.29, 1.82) is 0 Å². The van der Waals surface area contributed by atoms with Gasteiger partial charge in [-0.2, -0.15) is 5.10 Å². The summed E-state index contributed by atoms with van der Waals surface area (Å²) in [7, 11) is 1.97. The number of hydrogen-bond donors (Lipinski definition) is 0. The normalized spacial score (nSPS) is 18.7. The van der Waals surface area contributed by atoms with Crippen molar-refractivity contribution in [2.75, 3.05) is 5.75 Å². The molecule has 1 saturated carbocycles. The second-order valence-electron chi connectivity index (χ2n) is 7.85. The summed E-state index contributed by atoms with van der Waals surface area (Å²) in [5, 5.41) is 15.6. The molecular formula is C22H23N5O2S. The van der Waals surface area contributed by atoms with E-state index in [1.54, 1.807) is 11.3 Å². The molecule has 3 heterocycles. The van der Waals surface area contributed by atoms with E-state index in [1.807, 2.05) is 23.7 Å². The van der Waals surface area contributed by atoms with Gasteiger partial charge in [-0.15, -0.1) is 10.2 Å². The molecule has 0 spiro atoms. The van der Waals surface area contributed by atoms with E-state index in [9.17, 15) is 4.79 Å². The van der Waals surface area contributed by atoms with Gasteiger partial charge in [0.05, 0.1) is 17.7 Å². The molecule has 0 N–H and O–H groups in total. The molecule has 0 saturated heterocycles. The molecule has 0 unspecified atom stereocenters. The summed E-state index contributed by atoms with van der Waals surface area (Å²) in [6.45, 7) is 2.06. The first kappa shape index (κ1) is 19.1. The minimum absolute atomic E-state index is 0.0699. The molecule has 1 atom stereocenters. The molecule has 0 radical (unpaired) electrons. The van der Waals surface area contributed by atoms with E-state index in [0.717, 1.165) is 28.0 Å². The highest BCUT2D eigenvalue weighted by Gasteiger charge is 2.35. The van der Waals surface area contributed by atoms with Crippen molar-refractivity contribution in [3.8, 4) is 0 Å². The highest BCUT2D eigenvalue weighted by atomic mass is 32.2. The number of carbonyl (C=O) groups excluding carboxylic acids is 1. The summed E-state index contributed by atoms with van der Waals surface area (Å²) >= 11 is 1.40. The smallest absolute Gasteiger partial charge is 0.253 e. The Balaban J connectivity index is 1.35. The Bertz CT molecular complexity index is 1080. The van der Waals surface area contributed by atoms with Crippen LogP contribution in [-0.4, -0.2) is 37.1 Å². The number of aromatic nitrogens is 3. The van der Waals surface area contributed by atoms with E-state index in [0.29, 0.717) is 12.3 Å². The summed E-state index contributed by atoms with van der Waals surface area (Å²) < 4.78 is 7.62. The molecule has 1 aliphatic carbocycles. The molecule has 7 nitrogen and oxygen atoms in total. The fraction of sp³-hybridized carbons (Fsp3) is 0.364. The van der Waals surface area contributed by atoms with Gasteiger partial charge in [0.2, 0.25) is 0 Å². The van der Waals surface area contributed by atoms with Gasteiger partial charge in [-0.3, -0.25) is 4.79 Å². The maximum absolute atomic E-state index is 13.1. The van der Waals surface area contributed by atoms with Crippen LogP contribution in [0.5, 0.6) is 0 Å².